The van der Waals surface area contributed by atoms with Crippen LogP contribution in [0.2, 0.25) is 0 Å². The van der Waals surface area contributed by atoms with Crippen LogP contribution in [0.1, 0.15) is 11.6 Å². The number of likely N-dealkylation sites (N-methyl/N-ethyl adjacent to an activating group) is 1. The Morgan fingerprint density at radius 1 is 1.04 bits per heavy atom. The Morgan fingerprint density at radius 3 is 2.33 bits per heavy atom. The molecule has 1 aromatic heterocycles. The molecule has 0 aliphatic heterocycles. The van der Waals surface area contributed by atoms with E-state index in [9.17, 15) is 4.79 Å². The minimum atomic E-state index is -0.0802. The van der Waals surface area contributed by atoms with Gasteiger partial charge in [-0.2, -0.15) is 5.10 Å². The van der Waals surface area contributed by atoms with Crippen molar-refractivity contribution in [1.29, 1.82) is 0 Å². The lowest BCUT2D eigenvalue weighted by molar-refractivity contribution is 0.311. The second-order valence-corrected chi connectivity index (χ2v) is 6.09. The van der Waals surface area contributed by atoms with E-state index in [2.05, 4.69) is 41.5 Å². The fourth-order valence-corrected chi connectivity index (χ4v) is 2.90. The predicted molar refractivity (Wildman–Crippen MR) is 98.3 cm³/mol. The molecule has 0 aliphatic carbocycles. The molecule has 5 heteroatoms. The van der Waals surface area contributed by atoms with Gasteiger partial charge in [-0.1, -0.05) is 48.5 Å². The summed E-state index contributed by atoms with van der Waals surface area (Å²) in [5.41, 5.74) is 1.16. The summed E-state index contributed by atoms with van der Waals surface area (Å²) in [5, 5.41) is 9.36. The Bertz CT molecular complexity index is 887. The van der Waals surface area contributed by atoms with Gasteiger partial charge in [-0.3, -0.25) is 4.79 Å². The molecular weight excluding hydrogens is 300 g/mol. The molecule has 0 spiro atoms. The van der Waals surface area contributed by atoms with Crippen LogP contribution >= 0.6 is 0 Å². The maximum atomic E-state index is 12.2. The average molecular weight is 322 g/mol. The van der Waals surface area contributed by atoms with E-state index in [4.69, 9.17) is 0 Å². The molecule has 3 aromatic rings. The number of anilines is 1. The van der Waals surface area contributed by atoms with Crippen molar-refractivity contribution in [2.24, 2.45) is 7.05 Å². The minimum Gasteiger partial charge on any atom is -0.366 e. The normalized spacial score (nSPS) is 12.5. The monoisotopic (exact) mass is 322 g/mol. The quantitative estimate of drug-likeness (QED) is 0.784. The van der Waals surface area contributed by atoms with E-state index >= 15 is 0 Å². The van der Waals surface area contributed by atoms with Crippen molar-refractivity contribution in [1.82, 2.24) is 14.7 Å². The van der Waals surface area contributed by atoms with Gasteiger partial charge in [0.15, 0.2) is 5.82 Å². The second-order valence-electron chi connectivity index (χ2n) is 6.09. The third kappa shape index (κ3) is 3.16. The number of aryl methyl sites for hydroxylation is 1. The summed E-state index contributed by atoms with van der Waals surface area (Å²) >= 11 is 0. The molecule has 0 radical (unpaired) electrons. The van der Waals surface area contributed by atoms with E-state index in [0.29, 0.717) is 11.9 Å². The molecule has 0 fully saturated rings. The molecule has 5 nitrogen and oxygen atoms in total. The largest absolute Gasteiger partial charge is 0.366 e. The zero-order valence-corrected chi connectivity index (χ0v) is 14.2. The fraction of sp³-hybridized carbons (Fsp3) is 0.263. The summed E-state index contributed by atoms with van der Waals surface area (Å²) in [7, 11) is 5.80. The minimum absolute atomic E-state index is 0.0802. The van der Waals surface area contributed by atoms with Crippen LogP contribution in [-0.2, 0) is 7.05 Å². The summed E-state index contributed by atoms with van der Waals surface area (Å²) in [6.07, 6.45) is 0. The van der Waals surface area contributed by atoms with E-state index < -0.39 is 0 Å². The van der Waals surface area contributed by atoms with E-state index in [1.165, 1.54) is 10.2 Å². The van der Waals surface area contributed by atoms with Crippen LogP contribution in [0.15, 0.2) is 59.4 Å². The van der Waals surface area contributed by atoms with Crippen LogP contribution in [-0.4, -0.2) is 35.3 Å². The van der Waals surface area contributed by atoms with Gasteiger partial charge in [0.1, 0.15) is 0 Å². The molecule has 0 saturated carbocycles. The zero-order valence-electron chi connectivity index (χ0n) is 14.2. The predicted octanol–water partition coefficient (Wildman–Crippen LogP) is 2.65. The third-order valence-electron chi connectivity index (χ3n) is 4.23. The molecule has 0 unspecified atom stereocenters. The van der Waals surface area contributed by atoms with E-state index in [1.807, 2.05) is 42.5 Å². The maximum Gasteiger partial charge on any atom is 0.274 e. The lowest BCUT2D eigenvalue weighted by Gasteiger charge is -2.25. The lowest BCUT2D eigenvalue weighted by Crippen LogP contribution is -2.28. The van der Waals surface area contributed by atoms with Crippen LogP contribution < -0.4 is 10.9 Å². The molecule has 1 heterocycles. The van der Waals surface area contributed by atoms with Crippen LogP contribution in [0.5, 0.6) is 0 Å². The number of rotatable bonds is 5. The van der Waals surface area contributed by atoms with Gasteiger partial charge in [0, 0.05) is 19.0 Å². The number of aromatic nitrogens is 2. The summed E-state index contributed by atoms with van der Waals surface area (Å²) in [4.78, 5) is 14.4. The van der Waals surface area contributed by atoms with Gasteiger partial charge in [0.05, 0.1) is 11.4 Å². The molecule has 124 valence electrons. The third-order valence-corrected chi connectivity index (χ3v) is 4.23. The van der Waals surface area contributed by atoms with E-state index in [-0.39, 0.29) is 11.6 Å². The second kappa shape index (κ2) is 6.84. The van der Waals surface area contributed by atoms with Crippen molar-refractivity contribution < 1.29 is 0 Å². The molecule has 2 aromatic carbocycles. The highest BCUT2D eigenvalue weighted by Crippen LogP contribution is 2.21. The van der Waals surface area contributed by atoms with Crippen molar-refractivity contribution >= 4 is 16.6 Å². The van der Waals surface area contributed by atoms with Crippen molar-refractivity contribution in [3.63, 3.8) is 0 Å². The molecular formula is C19H22N4O. The smallest absolute Gasteiger partial charge is 0.274 e. The number of hydrogen-bond acceptors (Lipinski definition) is 4. The molecule has 0 aliphatic rings. The topological polar surface area (TPSA) is 50.2 Å². The highest BCUT2D eigenvalue weighted by atomic mass is 16.1. The first kappa shape index (κ1) is 16.2. The first-order chi connectivity index (χ1) is 11.6. The molecule has 0 saturated heterocycles. The number of hydrogen-bond donors (Lipinski definition) is 1. The fourth-order valence-electron chi connectivity index (χ4n) is 2.90. The Morgan fingerprint density at radius 2 is 1.67 bits per heavy atom. The molecule has 24 heavy (non-hydrogen) atoms. The van der Waals surface area contributed by atoms with Gasteiger partial charge in [-0.25, -0.2) is 4.68 Å². The van der Waals surface area contributed by atoms with Gasteiger partial charge in [-0.15, -0.1) is 0 Å². The molecule has 3 rings (SSSR count). The molecule has 0 amide bonds. The van der Waals surface area contributed by atoms with Gasteiger partial charge in [0.25, 0.3) is 5.56 Å². The van der Waals surface area contributed by atoms with Gasteiger partial charge in [-0.05, 0) is 25.7 Å². The van der Waals surface area contributed by atoms with Gasteiger partial charge >= 0.3 is 0 Å². The van der Waals surface area contributed by atoms with Crippen molar-refractivity contribution in [2.45, 2.75) is 6.04 Å². The first-order valence-corrected chi connectivity index (χ1v) is 7.99. The van der Waals surface area contributed by atoms with E-state index in [1.54, 1.807) is 7.05 Å². The Labute approximate surface area is 141 Å². The highest BCUT2D eigenvalue weighted by molar-refractivity contribution is 5.90. The van der Waals surface area contributed by atoms with E-state index in [0.717, 1.165) is 11.2 Å². The Hall–Kier alpha value is -2.66. The lowest BCUT2D eigenvalue weighted by atomic mass is 10.1. The summed E-state index contributed by atoms with van der Waals surface area (Å²) in [6, 6.07) is 18.1. The Kier molecular flexibility index (Phi) is 4.62. The highest BCUT2D eigenvalue weighted by Gasteiger charge is 2.15. The number of nitrogens with zero attached hydrogens (tertiary/aromatic N) is 3. The average Bonchev–Trinajstić information content (AvgIpc) is 2.60. The van der Waals surface area contributed by atoms with Gasteiger partial charge < -0.3 is 10.2 Å². The summed E-state index contributed by atoms with van der Waals surface area (Å²) in [6.45, 7) is 0.701. The van der Waals surface area contributed by atoms with Crippen LogP contribution in [0, 0.1) is 0 Å². The van der Waals surface area contributed by atoms with Gasteiger partial charge in [0.2, 0.25) is 0 Å². The molecule has 0 bridgehead atoms. The maximum absolute atomic E-state index is 12.2. The van der Waals surface area contributed by atoms with Crippen LogP contribution in [0.4, 0.5) is 5.82 Å². The van der Waals surface area contributed by atoms with Crippen LogP contribution in [0.3, 0.4) is 0 Å². The zero-order chi connectivity index (χ0) is 17.1. The summed E-state index contributed by atoms with van der Waals surface area (Å²) < 4.78 is 1.39. The number of fused-ring (bicyclic) bond motifs is 1. The summed E-state index contributed by atoms with van der Waals surface area (Å²) in [5.74, 6) is 0.732. The standard InChI is InChI=1S/C19H22N4O/c1-22(2)17(14-9-5-4-6-10-14)13-20-18-15-11-7-8-12-16(15)19(24)23(3)21-18/h4-12,17H,13H2,1-3H3,(H,20,21)/t17-/m1/s1. The molecule has 1 N–H and O–H groups in total. The Balaban J connectivity index is 1.92. The van der Waals surface area contributed by atoms with Crippen LogP contribution in [0.25, 0.3) is 10.8 Å². The SMILES string of the molecule is CN(C)[C@H](CNc1nn(C)c(=O)c2ccccc12)c1ccccc1. The van der Waals surface area contributed by atoms with Crippen molar-refractivity contribution in [2.75, 3.05) is 26.0 Å². The van der Waals surface area contributed by atoms with Crippen molar-refractivity contribution in [3.05, 3.63) is 70.5 Å². The van der Waals surface area contributed by atoms with Crippen molar-refractivity contribution in [3.8, 4) is 0 Å². The molecule has 1 atom stereocenters. The first-order valence-electron chi connectivity index (χ1n) is 7.99. The number of benzene rings is 2. The number of nitrogens with one attached hydrogen (secondary N) is 1.